The molecule has 1 fully saturated rings. The van der Waals surface area contributed by atoms with Crippen molar-refractivity contribution in [1.29, 1.82) is 0 Å². The molecular weight excluding hydrogens is 136 g/mol. The van der Waals surface area contributed by atoms with E-state index in [4.69, 9.17) is 5.11 Å². The Morgan fingerprint density at radius 3 is 2.55 bits per heavy atom. The van der Waals surface area contributed by atoms with E-state index >= 15 is 0 Å². The Morgan fingerprint density at radius 2 is 2.27 bits per heavy atom. The van der Waals surface area contributed by atoms with Crippen molar-refractivity contribution in [1.82, 2.24) is 0 Å². The Morgan fingerprint density at radius 1 is 1.73 bits per heavy atom. The Hall–Kier alpha value is -0.300. The van der Waals surface area contributed by atoms with Gasteiger partial charge in [0.05, 0.1) is 0 Å². The average molecular weight is 153 g/mol. The zero-order chi connectivity index (χ0) is 8.65. The highest BCUT2D eigenvalue weighted by Gasteiger charge is 2.43. The van der Waals surface area contributed by atoms with Crippen molar-refractivity contribution < 1.29 is 5.11 Å². The maximum atomic E-state index is 8.98. The van der Waals surface area contributed by atoms with Crippen LogP contribution in [0, 0.1) is 18.3 Å². The van der Waals surface area contributed by atoms with E-state index in [2.05, 4.69) is 20.8 Å². The maximum absolute atomic E-state index is 8.98. The summed E-state index contributed by atoms with van der Waals surface area (Å²) < 4.78 is 0. The molecule has 1 rings (SSSR count). The van der Waals surface area contributed by atoms with Crippen molar-refractivity contribution in [2.24, 2.45) is 11.3 Å². The molecule has 0 spiro atoms. The van der Waals surface area contributed by atoms with Crippen molar-refractivity contribution in [2.75, 3.05) is 6.61 Å². The van der Waals surface area contributed by atoms with E-state index in [1.54, 1.807) is 0 Å². The van der Waals surface area contributed by atoms with Crippen LogP contribution in [-0.2, 0) is 0 Å². The minimum absolute atomic E-state index is 0.195. The fourth-order valence-corrected chi connectivity index (χ4v) is 1.90. The third-order valence-corrected chi connectivity index (χ3v) is 2.98. The topological polar surface area (TPSA) is 20.2 Å². The molecule has 1 heteroatoms. The molecule has 0 saturated heterocycles. The number of allylic oxidation sites excluding steroid dienone is 2. The quantitative estimate of drug-likeness (QED) is 0.612. The van der Waals surface area contributed by atoms with Crippen LogP contribution in [0.25, 0.3) is 0 Å². The zero-order valence-corrected chi connectivity index (χ0v) is 7.65. The highest BCUT2D eigenvalue weighted by molar-refractivity contribution is 5.30. The normalized spacial score (nSPS) is 33.0. The van der Waals surface area contributed by atoms with Crippen LogP contribution < -0.4 is 0 Å². The lowest BCUT2D eigenvalue weighted by Gasteiger charge is -2.47. The van der Waals surface area contributed by atoms with Crippen LogP contribution in [0.1, 0.15) is 27.2 Å². The van der Waals surface area contributed by atoms with Gasteiger partial charge in [-0.25, -0.2) is 0 Å². The highest BCUT2D eigenvalue weighted by Crippen LogP contribution is 2.51. The Kier molecular flexibility index (Phi) is 2.10. The predicted molar refractivity (Wildman–Crippen MR) is 47.0 cm³/mol. The first-order valence-electron chi connectivity index (χ1n) is 4.13. The molecule has 1 aliphatic carbocycles. The molecule has 0 amide bonds. The minimum Gasteiger partial charge on any atom is -0.396 e. The second-order valence-electron chi connectivity index (χ2n) is 4.06. The van der Waals surface area contributed by atoms with E-state index in [1.165, 1.54) is 11.1 Å². The Bertz CT molecular complexity index is 185. The van der Waals surface area contributed by atoms with Crippen LogP contribution in [-0.4, -0.2) is 11.7 Å². The van der Waals surface area contributed by atoms with E-state index < -0.39 is 0 Å². The Labute approximate surface area is 69.1 Å². The van der Waals surface area contributed by atoms with Gasteiger partial charge in [0.15, 0.2) is 0 Å². The van der Waals surface area contributed by atoms with Crippen LogP contribution in [0.5, 0.6) is 0 Å². The number of aliphatic hydroxyl groups excluding tert-OH is 1. The van der Waals surface area contributed by atoms with Crippen LogP contribution >= 0.6 is 0 Å². The van der Waals surface area contributed by atoms with Crippen LogP contribution in [0.3, 0.4) is 0 Å². The third-order valence-electron chi connectivity index (χ3n) is 2.98. The largest absolute Gasteiger partial charge is 0.396 e. The standard InChI is InChI=1S/C10H17O/c1-7(2)9-5-8(6-11)10(9,3)4/h8,11H,1,5-6H2,2-4H3. The van der Waals surface area contributed by atoms with E-state index in [-0.39, 0.29) is 5.41 Å². The molecule has 1 N–H and O–H groups in total. The molecule has 11 heavy (non-hydrogen) atoms. The fourth-order valence-electron chi connectivity index (χ4n) is 1.90. The predicted octanol–water partition coefficient (Wildman–Crippen LogP) is 2.18. The summed E-state index contributed by atoms with van der Waals surface area (Å²) in [5, 5.41) is 8.98. The molecule has 0 bridgehead atoms. The first-order chi connectivity index (χ1) is 5.00. The summed E-state index contributed by atoms with van der Waals surface area (Å²) in [4.78, 5) is 0. The molecular formula is C10H17O. The summed E-state index contributed by atoms with van der Waals surface area (Å²) in [5.74, 6) is 0.453. The maximum Gasteiger partial charge on any atom is 0.0470 e. The van der Waals surface area contributed by atoms with E-state index in [0.29, 0.717) is 12.5 Å². The SMILES string of the molecule is [CH2]C(C)=C1CC(CO)C1(C)C. The number of hydrogen-bond donors (Lipinski definition) is 1. The van der Waals surface area contributed by atoms with Gasteiger partial charge in [0, 0.05) is 6.61 Å². The van der Waals surface area contributed by atoms with Crippen molar-refractivity contribution in [3.05, 3.63) is 18.1 Å². The van der Waals surface area contributed by atoms with Crippen molar-refractivity contribution in [3.63, 3.8) is 0 Å². The molecule has 1 atom stereocenters. The average Bonchev–Trinajstić information content (AvgIpc) is 1.85. The molecule has 0 aromatic carbocycles. The van der Waals surface area contributed by atoms with Gasteiger partial charge in [-0.3, -0.25) is 0 Å². The first-order valence-corrected chi connectivity index (χ1v) is 4.13. The van der Waals surface area contributed by atoms with Gasteiger partial charge in [-0.15, -0.1) is 0 Å². The van der Waals surface area contributed by atoms with Gasteiger partial charge >= 0.3 is 0 Å². The van der Waals surface area contributed by atoms with Crippen LogP contribution in [0.15, 0.2) is 11.1 Å². The molecule has 1 nitrogen and oxygen atoms in total. The highest BCUT2D eigenvalue weighted by atomic mass is 16.3. The molecule has 0 heterocycles. The third kappa shape index (κ3) is 1.22. The lowest BCUT2D eigenvalue weighted by molar-refractivity contribution is 0.0836. The smallest absolute Gasteiger partial charge is 0.0470 e. The molecule has 1 unspecified atom stereocenters. The summed E-state index contributed by atoms with van der Waals surface area (Å²) >= 11 is 0. The summed E-state index contributed by atoms with van der Waals surface area (Å²) in [6.07, 6.45) is 1.04. The van der Waals surface area contributed by atoms with E-state index in [1.807, 2.05) is 6.92 Å². The second-order valence-corrected chi connectivity index (χ2v) is 4.06. The fraction of sp³-hybridized carbons (Fsp3) is 0.700. The molecule has 0 aromatic heterocycles. The molecule has 1 radical (unpaired) electrons. The monoisotopic (exact) mass is 153 g/mol. The summed E-state index contributed by atoms with van der Waals surface area (Å²) in [7, 11) is 0. The van der Waals surface area contributed by atoms with Gasteiger partial charge in [-0.05, 0) is 31.6 Å². The summed E-state index contributed by atoms with van der Waals surface area (Å²) in [5.41, 5.74) is 2.80. The number of aliphatic hydroxyl groups is 1. The molecule has 0 aromatic rings. The van der Waals surface area contributed by atoms with Crippen molar-refractivity contribution >= 4 is 0 Å². The summed E-state index contributed by atoms with van der Waals surface area (Å²) in [6.45, 7) is 10.6. The molecule has 63 valence electrons. The van der Waals surface area contributed by atoms with Crippen molar-refractivity contribution in [2.45, 2.75) is 27.2 Å². The molecule has 1 aliphatic rings. The van der Waals surface area contributed by atoms with Gasteiger partial charge in [-0.1, -0.05) is 25.0 Å². The van der Waals surface area contributed by atoms with E-state index in [9.17, 15) is 0 Å². The molecule has 0 aliphatic heterocycles. The summed E-state index contributed by atoms with van der Waals surface area (Å²) in [6, 6.07) is 0. The lowest BCUT2D eigenvalue weighted by atomic mass is 9.58. The van der Waals surface area contributed by atoms with Gasteiger partial charge in [0.25, 0.3) is 0 Å². The number of hydrogen-bond acceptors (Lipinski definition) is 1. The second kappa shape index (κ2) is 2.63. The van der Waals surface area contributed by atoms with Gasteiger partial charge in [0.1, 0.15) is 0 Å². The van der Waals surface area contributed by atoms with Gasteiger partial charge < -0.3 is 5.11 Å². The van der Waals surface area contributed by atoms with E-state index in [0.717, 1.165) is 6.42 Å². The Balaban J connectivity index is 2.77. The van der Waals surface area contributed by atoms with Crippen LogP contribution in [0.4, 0.5) is 0 Å². The van der Waals surface area contributed by atoms with Crippen molar-refractivity contribution in [3.8, 4) is 0 Å². The first kappa shape index (κ1) is 8.79. The van der Waals surface area contributed by atoms with Gasteiger partial charge in [0.2, 0.25) is 0 Å². The minimum atomic E-state index is 0.195. The molecule has 1 saturated carbocycles. The lowest BCUT2D eigenvalue weighted by Crippen LogP contribution is -2.40. The van der Waals surface area contributed by atoms with Crippen LogP contribution in [0.2, 0.25) is 0 Å². The van der Waals surface area contributed by atoms with Gasteiger partial charge in [-0.2, -0.15) is 0 Å². The zero-order valence-electron chi connectivity index (χ0n) is 7.65. The number of rotatable bonds is 1.